The van der Waals surface area contributed by atoms with Crippen LogP contribution in [-0.4, -0.2) is 56.0 Å². The Labute approximate surface area is 156 Å². The molecule has 1 unspecified atom stereocenters. The van der Waals surface area contributed by atoms with Crippen molar-refractivity contribution in [2.45, 2.75) is 38.5 Å². The Morgan fingerprint density at radius 2 is 2.22 bits per heavy atom. The van der Waals surface area contributed by atoms with Gasteiger partial charge in [-0.2, -0.15) is 5.26 Å². The third-order valence-corrected chi connectivity index (χ3v) is 5.77. The number of aromatic nitrogens is 3. The lowest BCUT2D eigenvalue weighted by molar-refractivity contribution is -0.132. The summed E-state index contributed by atoms with van der Waals surface area (Å²) in [5, 5.41) is 36.5. The van der Waals surface area contributed by atoms with Crippen molar-refractivity contribution in [1.29, 1.82) is 5.26 Å². The molecule has 1 amide bonds. The van der Waals surface area contributed by atoms with E-state index < -0.39 is 23.7 Å². The first-order chi connectivity index (χ1) is 13.0. The average molecular weight is 370 g/mol. The molecule has 2 aromatic rings. The number of hydrogen-bond acceptors (Lipinski definition) is 7. The first kappa shape index (κ1) is 17.7. The minimum Gasteiger partial charge on any atom is -0.389 e. The number of nitrogens with one attached hydrogen (secondary N) is 2. The van der Waals surface area contributed by atoms with E-state index in [1.807, 2.05) is 19.9 Å². The molecule has 2 aliphatic carbocycles. The first-order valence-corrected chi connectivity index (χ1v) is 9.15. The van der Waals surface area contributed by atoms with Gasteiger partial charge in [0.1, 0.15) is 23.4 Å². The van der Waals surface area contributed by atoms with E-state index in [1.165, 1.54) is 0 Å². The molecule has 0 saturated heterocycles. The minimum absolute atomic E-state index is 0.207. The van der Waals surface area contributed by atoms with E-state index in [9.17, 15) is 20.3 Å². The van der Waals surface area contributed by atoms with Crippen molar-refractivity contribution in [1.82, 2.24) is 19.9 Å². The van der Waals surface area contributed by atoms with Gasteiger partial charge in [-0.25, -0.2) is 9.97 Å². The molecule has 27 heavy (non-hydrogen) atoms. The Kier molecular flexibility index (Phi) is 4.05. The van der Waals surface area contributed by atoms with E-state index >= 15 is 0 Å². The molecular formula is C18H22N6O3. The SMILES string of the molecule is CCNC(=O)C12C[C@@H]1[C@@H](n1cnc3c(NCC)cc(C#N)nc31)[C@H](O)[C@@H]2O. The Hall–Kier alpha value is -2.70. The van der Waals surface area contributed by atoms with Gasteiger partial charge >= 0.3 is 0 Å². The summed E-state index contributed by atoms with van der Waals surface area (Å²) in [5.74, 6) is -0.436. The Bertz CT molecular complexity index is 950. The molecule has 2 heterocycles. The van der Waals surface area contributed by atoms with Crippen molar-refractivity contribution in [3.05, 3.63) is 18.1 Å². The Morgan fingerprint density at radius 3 is 2.89 bits per heavy atom. The molecule has 2 saturated carbocycles. The second-order valence-electron chi connectivity index (χ2n) is 7.16. The molecule has 4 N–H and O–H groups in total. The maximum Gasteiger partial charge on any atom is 0.229 e. The fourth-order valence-corrected chi connectivity index (χ4v) is 4.49. The number of imidazole rings is 1. The third-order valence-electron chi connectivity index (χ3n) is 5.77. The molecular weight excluding hydrogens is 348 g/mol. The van der Waals surface area contributed by atoms with Gasteiger partial charge in [0.05, 0.1) is 29.6 Å². The van der Waals surface area contributed by atoms with Gasteiger partial charge in [-0.15, -0.1) is 0 Å². The van der Waals surface area contributed by atoms with Crippen LogP contribution in [-0.2, 0) is 4.79 Å². The lowest BCUT2D eigenvalue weighted by atomic mass is 9.98. The molecule has 2 aromatic heterocycles. The first-order valence-electron chi connectivity index (χ1n) is 9.15. The van der Waals surface area contributed by atoms with Crippen molar-refractivity contribution in [3.63, 3.8) is 0 Å². The highest BCUT2D eigenvalue weighted by Gasteiger charge is 2.75. The maximum atomic E-state index is 12.5. The standard InChI is InChI=1S/C18H22N6O3/c1-3-20-11-5-9(7-19)23-16-12(11)22-8-24(16)13-10-6-18(10,15(26)14(13)25)17(27)21-4-2/h5,8,10,13-15,25-26H,3-4,6H2,1-2H3,(H,20,23)(H,21,27)/t10-,13-,14+,15+,18?/m1/s1. The summed E-state index contributed by atoms with van der Waals surface area (Å²) in [7, 11) is 0. The Morgan fingerprint density at radius 1 is 1.44 bits per heavy atom. The van der Waals surface area contributed by atoms with Crippen molar-refractivity contribution < 1.29 is 15.0 Å². The van der Waals surface area contributed by atoms with Crippen LogP contribution in [0, 0.1) is 22.7 Å². The third kappa shape index (κ3) is 2.33. The van der Waals surface area contributed by atoms with E-state index in [4.69, 9.17) is 0 Å². The van der Waals surface area contributed by atoms with Crippen LogP contribution in [0.1, 0.15) is 32.0 Å². The molecule has 2 aliphatic rings. The minimum atomic E-state index is -1.15. The number of hydrogen-bond donors (Lipinski definition) is 4. The number of fused-ring (bicyclic) bond motifs is 2. The zero-order chi connectivity index (χ0) is 19.3. The zero-order valence-corrected chi connectivity index (χ0v) is 15.2. The summed E-state index contributed by atoms with van der Waals surface area (Å²) in [6, 6.07) is 3.15. The highest BCUT2D eigenvalue weighted by molar-refractivity contribution is 5.89. The van der Waals surface area contributed by atoms with Crippen LogP contribution in [0.3, 0.4) is 0 Å². The van der Waals surface area contributed by atoms with Gasteiger partial charge in [0.2, 0.25) is 5.91 Å². The van der Waals surface area contributed by atoms with E-state index in [0.29, 0.717) is 36.4 Å². The van der Waals surface area contributed by atoms with Gasteiger partial charge in [0.15, 0.2) is 5.65 Å². The van der Waals surface area contributed by atoms with Gasteiger partial charge < -0.3 is 25.4 Å². The summed E-state index contributed by atoms with van der Waals surface area (Å²) in [6.07, 6.45) is -0.200. The van der Waals surface area contributed by atoms with Gasteiger partial charge in [-0.1, -0.05) is 0 Å². The molecule has 9 heteroatoms. The number of nitrogens with zero attached hydrogens (tertiary/aromatic N) is 4. The number of pyridine rings is 1. The van der Waals surface area contributed by atoms with Crippen LogP contribution in [0.2, 0.25) is 0 Å². The molecule has 2 fully saturated rings. The van der Waals surface area contributed by atoms with Crippen molar-refractivity contribution in [2.75, 3.05) is 18.4 Å². The van der Waals surface area contributed by atoms with E-state index in [1.54, 1.807) is 17.0 Å². The molecule has 9 nitrogen and oxygen atoms in total. The van der Waals surface area contributed by atoms with Crippen LogP contribution in [0.4, 0.5) is 5.69 Å². The number of aliphatic hydroxyl groups excluding tert-OH is 2. The molecule has 4 rings (SSSR count). The van der Waals surface area contributed by atoms with Crippen LogP contribution >= 0.6 is 0 Å². The Balaban J connectivity index is 1.79. The lowest BCUT2D eigenvalue weighted by Crippen LogP contribution is -2.42. The van der Waals surface area contributed by atoms with E-state index in [-0.39, 0.29) is 17.5 Å². The highest BCUT2D eigenvalue weighted by Crippen LogP contribution is 2.67. The van der Waals surface area contributed by atoms with Gasteiger partial charge in [-0.3, -0.25) is 4.79 Å². The summed E-state index contributed by atoms with van der Waals surface area (Å²) in [4.78, 5) is 21.3. The molecule has 142 valence electrons. The number of carbonyl (C=O) groups is 1. The van der Waals surface area contributed by atoms with E-state index in [2.05, 4.69) is 20.6 Å². The van der Waals surface area contributed by atoms with Gasteiger partial charge in [0.25, 0.3) is 0 Å². The van der Waals surface area contributed by atoms with Crippen LogP contribution < -0.4 is 10.6 Å². The zero-order valence-electron chi connectivity index (χ0n) is 15.2. The number of amides is 1. The number of rotatable bonds is 5. The predicted molar refractivity (Wildman–Crippen MR) is 96.7 cm³/mol. The largest absolute Gasteiger partial charge is 0.389 e. The second kappa shape index (κ2) is 6.18. The molecule has 0 spiro atoms. The summed E-state index contributed by atoms with van der Waals surface area (Å²) >= 11 is 0. The molecule has 0 aliphatic heterocycles. The number of anilines is 1. The van der Waals surface area contributed by atoms with Gasteiger partial charge in [0, 0.05) is 25.1 Å². The summed E-state index contributed by atoms with van der Waals surface area (Å²) < 4.78 is 1.70. The fraction of sp³-hybridized carbons (Fsp3) is 0.556. The van der Waals surface area contributed by atoms with Crippen LogP contribution in [0.25, 0.3) is 11.2 Å². The van der Waals surface area contributed by atoms with Crippen LogP contribution in [0.5, 0.6) is 0 Å². The number of aliphatic hydroxyl groups is 2. The number of carbonyl (C=O) groups excluding carboxylic acids is 1. The number of nitriles is 1. The fourth-order valence-electron chi connectivity index (χ4n) is 4.49. The second-order valence-corrected chi connectivity index (χ2v) is 7.16. The van der Waals surface area contributed by atoms with Crippen molar-refractivity contribution >= 4 is 22.8 Å². The summed E-state index contributed by atoms with van der Waals surface area (Å²) in [5.41, 5.74) is 1.01. The van der Waals surface area contributed by atoms with Crippen LogP contribution in [0.15, 0.2) is 12.4 Å². The predicted octanol–water partition coefficient (Wildman–Crippen LogP) is 0.154. The smallest absolute Gasteiger partial charge is 0.229 e. The van der Waals surface area contributed by atoms with E-state index in [0.717, 1.165) is 0 Å². The molecule has 0 radical (unpaired) electrons. The molecule has 0 aromatic carbocycles. The average Bonchev–Trinajstić information content (AvgIpc) is 3.20. The van der Waals surface area contributed by atoms with Crippen molar-refractivity contribution in [2.24, 2.45) is 11.3 Å². The lowest BCUT2D eigenvalue weighted by Gasteiger charge is -2.23. The van der Waals surface area contributed by atoms with Crippen molar-refractivity contribution in [3.8, 4) is 6.07 Å². The monoisotopic (exact) mass is 370 g/mol. The normalized spacial score (nSPS) is 31.4. The topological polar surface area (TPSA) is 136 Å². The van der Waals surface area contributed by atoms with Gasteiger partial charge in [-0.05, 0) is 20.3 Å². The maximum absolute atomic E-state index is 12.5. The highest BCUT2D eigenvalue weighted by atomic mass is 16.3. The summed E-state index contributed by atoms with van der Waals surface area (Å²) in [6.45, 7) is 4.88. The molecule has 0 bridgehead atoms. The quantitative estimate of drug-likeness (QED) is 0.588. The molecule has 5 atom stereocenters.